The van der Waals surface area contributed by atoms with Gasteiger partial charge in [0.2, 0.25) is 0 Å². The van der Waals surface area contributed by atoms with Crippen LogP contribution in [0.5, 0.6) is 0 Å². The summed E-state index contributed by atoms with van der Waals surface area (Å²) in [5, 5.41) is -6.27. The Bertz CT molecular complexity index is 767. The zero-order valence-corrected chi connectivity index (χ0v) is 12.1. The Morgan fingerprint density at radius 3 is 1.77 bits per heavy atom. The average Bonchev–Trinajstić information content (AvgIpc) is 2.36. The first-order chi connectivity index (χ1) is 9.74. The van der Waals surface area contributed by atoms with Crippen LogP contribution in [0.15, 0.2) is 35.7 Å². The van der Waals surface area contributed by atoms with Crippen LogP contribution in [-0.4, -0.2) is 28.3 Å². The van der Waals surface area contributed by atoms with Crippen molar-refractivity contribution < 1.29 is 38.8 Å². The van der Waals surface area contributed by atoms with Gasteiger partial charge in [0.15, 0.2) is 0 Å². The Kier molecular flexibility index (Phi) is 4.71. The summed E-state index contributed by atoms with van der Waals surface area (Å²) in [6.07, 6.45) is -5.17. The second-order valence-corrected chi connectivity index (χ2v) is 7.54. The van der Waals surface area contributed by atoms with Crippen molar-refractivity contribution in [2.24, 2.45) is 0 Å². The lowest BCUT2D eigenvalue weighted by Gasteiger charge is -2.19. The first-order valence-electron chi connectivity index (χ1n) is 5.20. The smallest absolute Gasteiger partial charge is 0.206 e. The minimum absolute atomic E-state index is 0.382. The summed E-state index contributed by atoms with van der Waals surface area (Å²) < 4.78 is 107. The Morgan fingerprint density at radius 2 is 1.41 bits per heavy atom. The van der Waals surface area contributed by atoms with Gasteiger partial charge in [-0.2, -0.15) is 22.0 Å². The lowest BCUT2D eigenvalue weighted by molar-refractivity contribution is -0.241. The molecule has 0 spiro atoms. The van der Waals surface area contributed by atoms with Crippen LogP contribution in [0.3, 0.4) is 0 Å². The van der Waals surface area contributed by atoms with Gasteiger partial charge in [-0.15, -0.1) is 0 Å². The van der Waals surface area contributed by atoms with Gasteiger partial charge in [0.05, 0.1) is 4.90 Å². The van der Waals surface area contributed by atoms with E-state index in [1.54, 1.807) is 0 Å². The van der Waals surface area contributed by atoms with Crippen LogP contribution in [-0.2, 0) is 20.0 Å². The number of nitrogens with one attached hydrogen (secondary N) is 1. The van der Waals surface area contributed by atoms with E-state index in [1.807, 2.05) is 0 Å². The van der Waals surface area contributed by atoms with E-state index in [0.29, 0.717) is 9.69 Å². The first-order valence-corrected chi connectivity index (χ1v) is 8.16. The number of rotatable bonds is 5. The predicted octanol–water partition coefficient (Wildman–Crippen LogP) is 2.09. The quantitative estimate of drug-likeness (QED) is 0.811. The van der Waals surface area contributed by atoms with Crippen molar-refractivity contribution in [1.82, 2.24) is 4.13 Å². The van der Waals surface area contributed by atoms with E-state index >= 15 is 0 Å². The van der Waals surface area contributed by atoms with Crippen molar-refractivity contribution in [2.75, 3.05) is 0 Å². The van der Waals surface area contributed by atoms with Crippen LogP contribution in [0.1, 0.15) is 5.56 Å². The van der Waals surface area contributed by atoms with Gasteiger partial charge in [0.25, 0.3) is 10.0 Å². The average molecular weight is 365 g/mol. The summed E-state index contributed by atoms with van der Waals surface area (Å²) in [6, 6.07) is 3.94. The number of alkyl halides is 5. The van der Waals surface area contributed by atoms with Crippen LogP contribution in [0.2, 0.25) is 0 Å². The number of halogens is 5. The highest BCUT2D eigenvalue weighted by Crippen LogP contribution is 2.39. The summed E-state index contributed by atoms with van der Waals surface area (Å²) in [7, 11) is -11.7. The molecule has 1 N–H and O–H groups in total. The molecule has 0 atom stereocenters. The first kappa shape index (κ1) is 18.5. The number of hydrogen-bond acceptors (Lipinski definition) is 4. The van der Waals surface area contributed by atoms with Crippen molar-refractivity contribution in [3.8, 4) is 0 Å². The fourth-order valence-electron chi connectivity index (χ4n) is 1.18. The van der Waals surface area contributed by atoms with Crippen LogP contribution in [0.4, 0.5) is 22.0 Å². The van der Waals surface area contributed by atoms with Gasteiger partial charge in [-0.05, 0) is 17.7 Å². The maximum Gasteiger partial charge on any atom is 0.471 e. The molecule has 0 amide bonds. The third kappa shape index (κ3) is 3.44. The lowest BCUT2D eigenvalue weighted by Crippen LogP contribution is -2.51. The maximum absolute atomic E-state index is 12.8. The molecular weight excluding hydrogens is 357 g/mol. The molecule has 0 fully saturated rings. The molecule has 1 aromatic carbocycles. The molecule has 0 unspecified atom stereocenters. The van der Waals surface area contributed by atoms with Crippen molar-refractivity contribution in [2.45, 2.75) is 16.3 Å². The van der Waals surface area contributed by atoms with E-state index in [4.69, 9.17) is 0 Å². The van der Waals surface area contributed by atoms with Crippen LogP contribution in [0, 0.1) is 0 Å². The number of sulfonamides is 2. The number of hydrogen-bond donors (Lipinski definition) is 1. The molecule has 0 bridgehead atoms. The maximum atomic E-state index is 12.8. The molecular formula is C10H8F5NO4S2. The molecule has 1 aromatic rings. The van der Waals surface area contributed by atoms with Gasteiger partial charge < -0.3 is 0 Å². The molecule has 0 saturated carbocycles. The van der Waals surface area contributed by atoms with Gasteiger partial charge >= 0.3 is 21.5 Å². The van der Waals surface area contributed by atoms with Crippen LogP contribution >= 0.6 is 0 Å². The molecule has 1 rings (SSSR count). The lowest BCUT2D eigenvalue weighted by atomic mass is 10.2. The molecule has 5 nitrogen and oxygen atoms in total. The van der Waals surface area contributed by atoms with Crippen molar-refractivity contribution in [3.05, 3.63) is 36.4 Å². The fourth-order valence-corrected chi connectivity index (χ4v) is 3.94. The molecule has 0 saturated heterocycles. The van der Waals surface area contributed by atoms with Gasteiger partial charge in [-0.1, -0.05) is 28.9 Å². The summed E-state index contributed by atoms with van der Waals surface area (Å²) in [5.74, 6) is 0. The molecule has 0 aliphatic rings. The van der Waals surface area contributed by atoms with Gasteiger partial charge in [0, 0.05) is 0 Å². The Balaban J connectivity index is 3.23. The standard InChI is InChI=1S/C10H8F5NO4S2/c1-2-7-3-5-8(6-4-7)21(17,18)16-22(19,20)10(14,15)9(11,12)13/h2-6,16H,1H2. The largest absolute Gasteiger partial charge is 0.471 e. The third-order valence-electron chi connectivity index (χ3n) is 2.31. The second kappa shape index (κ2) is 5.59. The second-order valence-electron chi connectivity index (χ2n) is 3.88. The number of benzene rings is 1. The van der Waals surface area contributed by atoms with Crippen LogP contribution in [0.25, 0.3) is 6.08 Å². The minimum atomic E-state index is -6.56. The Morgan fingerprint density at radius 1 is 0.955 bits per heavy atom. The summed E-state index contributed by atoms with van der Waals surface area (Å²) in [5.41, 5.74) is 0.419. The third-order valence-corrected chi connectivity index (χ3v) is 5.87. The molecule has 0 radical (unpaired) electrons. The topological polar surface area (TPSA) is 80.3 Å². The monoisotopic (exact) mass is 365 g/mol. The normalized spacial score (nSPS) is 13.9. The van der Waals surface area contributed by atoms with E-state index in [0.717, 1.165) is 24.3 Å². The van der Waals surface area contributed by atoms with Crippen LogP contribution < -0.4 is 4.13 Å². The predicted molar refractivity (Wildman–Crippen MR) is 66.8 cm³/mol. The molecule has 0 aliphatic heterocycles. The van der Waals surface area contributed by atoms with E-state index < -0.39 is 36.4 Å². The van der Waals surface area contributed by atoms with E-state index in [2.05, 4.69) is 6.58 Å². The molecule has 0 aliphatic carbocycles. The highest BCUT2D eigenvalue weighted by Gasteiger charge is 2.68. The summed E-state index contributed by atoms with van der Waals surface area (Å²) in [4.78, 5) is -0.806. The zero-order valence-electron chi connectivity index (χ0n) is 10.4. The van der Waals surface area contributed by atoms with E-state index in [9.17, 15) is 38.8 Å². The molecule has 22 heavy (non-hydrogen) atoms. The minimum Gasteiger partial charge on any atom is -0.206 e. The summed E-state index contributed by atoms with van der Waals surface area (Å²) in [6.45, 7) is 3.36. The molecule has 124 valence electrons. The Hall–Kier alpha value is -1.53. The highest BCUT2D eigenvalue weighted by atomic mass is 32.3. The molecule has 12 heteroatoms. The van der Waals surface area contributed by atoms with Crippen molar-refractivity contribution in [1.29, 1.82) is 0 Å². The Labute approximate surface area is 122 Å². The van der Waals surface area contributed by atoms with Gasteiger partial charge in [-0.25, -0.2) is 16.8 Å². The highest BCUT2D eigenvalue weighted by molar-refractivity contribution is 8.05. The van der Waals surface area contributed by atoms with Crippen molar-refractivity contribution in [3.63, 3.8) is 0 Å². The molecule has 0 heterocycles. The molecule has 0 aromatic heterocycles. The van der Waals surface area contributed by atoms with Gasteiger partial charge in [0.1, 0.15) is 0 Å². The van der Waals surface area contributed by atoms with Crippen molar-refractivity contribution >= 4 is 26.1 Å². The fraction of sp³-hybridized carbons (Fsp3) is 0.200. The SMILES string of the molecule is C=Cc1ccc(S(=O)(=O)NS(=O)(=O)C(F)(F)C(F)(F)F)cc1. The van der Waals surface area contributed by atoms with Gasteiger partial charge in [-0.3, -0.25) is 0 Å². The summed E-state index contributed by atoms with van der Waals surface area (Å²) >= 11 is 0. The van der Waals surface area contributed by atoms with E-state index in [1.165, 1.54) is 6.08 Å². The zero-order chi connectivity index (χ0) is 17.4. The van der Waals surface area contributed by atoms with E-state index in [-0.39, 0.29) is 0 Å².